The van der Waals surface area contributed by atoms with Crippen molar-refractivity contribution < 1.29 is 18.3 Å². The zero-order valence-corrected chi connectivity index (χ0v) is 24.1. The number of hydrogen-bond acceptors (Lipinski definition) is 8. The first-order valence-corrected chi connectivity index (χ1v) is 13.7. The van der Waals surface area contributed by atoms with E-state index in [4.69, 9.17) is 10.1 Å². The van der Waals surface area contributed by atoms with Crippen molar-refractivity contribution in [3.8, 4) is 17.2 Å². The number of rotatable bonds is 10. The van der Waals surface area contributed by atoms with Crippen LogP contribution in [0.25, 0.3) is 5.69 Å². The molecule has 0 bridgehead atoms. The molecule has 0 radical (unpaired) electrons. The average molecular weight is 612 g/mol. The van der Waals surface area contributed by atoms with E-state index in [-0.39, 0.29) is 34.9 Å². The van der Waals surface area contributed by atoms with Crippen LogP contribution in [0, 0.1) is 17.0 Å². The lowest BCUT2D eigenvalue weighted by Gasteiger charge is -2.16. The molecule has 0 atom stereocenters. The summed E-state index contributed by atoms with van der Waals surface area (Å²) in [6, 6.07) is 14.9. The number of nitrogens with zero attached hydrogens (tertiary/aromatic N) is 4. The third kappa shape index (κ3) is 6.82. The van der Waals surface area contributed by atoms with Crippen LogP contribution >= 0.6 is 0 Å². The maximum absolute atomic E-state index is 15.3. The quantitative estimate of drug-likeness (QED) is 0.174. The van der Waals surface area contributed by atoms with Crippen LogP contribution in [0.4, 0.5) is 26.0 Å². The van der Waals surface area contributed by atoms with E-state index in [2.05, 4.69) is 20.6 Å². The Kier molecular flexibility index (Phi) is 8.89. The van der Waals surface area contributed by atoms with E-state index in [0.29, 0.717) is 17.2 Å². The van der Waals surface area contributed by atoms with Crippen LogP contribution in [0.1, 0.15) is 35.9 Å². The van der Waals surface area contributed by atoms with Crippen LogP contribution in [0.5, 0.6) is 11.5 Å². The highest BCUT2D eigenvalue weighted by Gasteiger charge is 2.21. The molecular weight excluding hydrogens is 584 g/mol. The topological polar surface area (TPSA) is 144 Å². The molecule has 0 aliphatic heterocycles. The third-order valence-electron chi connectivity index (χ3n) is 6.57. The second-order valence-corrected chi connectivity index (χ2v) is 10.1. The Morgan fingerprint density at radius 1 is 1.00 bits per heavy atom. The normalized spacial score (nSPS) is 10.9. The molecule has 0 spiro atoms. The van der Waals surface area contributed by atoms with Gasteiger partial charge in [0.2, 0.25) is 0 Å². The fourth-order valence-corrected chi connectivity index (χ4v) is 4.36. The van der Waals surface area contributed by atoms with Gasteiger partial charge in [-0.3, -0.25) is 19.1 Å². The standard InChI is InChI=1S/C32H27F2N7O4/c1-19(2)40-18-24(31(43)41(32(40)44)23-9-6-20(33)7-10-23)30(42)39-21-8-11-27(25(34)15-21)45-28-16-22(17-37-26(28)12-13-35)38-29-5-3-4-14-36-29/h3-11,13-19,35H,12H2,1-2H3,(H,36,38)(H,39,42). The summed E-state index contributed by atoms with van der Waals surface area (Å²) in [4.78, 5) is 48.2. The molecule has 0 unspecified atom stereocenters. The molecule has 228 valence electrons. The fraction of sp³-hybridized carbons (Fsp3) is 0.125. The van der Waals surface area contributed by atoms with Gasteiger partial charge in [0.25, 0.3) is 11.5 Å². The van der Waals surface area contributed by atoms with Gasteiger partial charge in [0.1, 0.15) is 17.2 Å². The predicted molar refractivity (Wildman–Crippen MR) is 165 cm³/mol. The van der Waals surface area contributed by atoms with Crippen molar-refractivity contribution in [2.24, 2.45) is 0 Å². The molecule has 0 aliphatic carbocycles. The average Bonchev–Trinajstić information content (AvgIpc) is 3.01. The molecule has 0 aliphatic rings. The first-order chi connectivity index (χ1) is 21.6. The molecule has 3 aromatic heterocycles. The number of pyridine rings is 2. The van der Waals surface area contributed by atoms with Crippen LogP contribution in [0.3, 0.4) is 0 Å². The number of anilines is 3. The van der Waals surface area contributed by atoms with Crippen LogP contribution < -0.4 is 26.6 Å². The SMILES string of the molecule is CC(C)n1cc(C(=O)Nc2ccc(Oc3cc(Nc4ccccn4)cnc3CC=N)c(F)c2)c(=O)n(-c2ccc(F)cc2)c1=O. The molecule has 45 heavy (non-hydrogen) atoms. The molecule has 0 saturated carbocycles. The molecule has 3 N–H and O–H groups in total. The molecule has 5 aromatic rings. The summed E-state index contributed by atoms with van der Waals surface area (Å²) in [6.07, 6.45) is 5.59. The molecule has 0 fully saturated rings. The first-order valence-electron chi connectivity index (χ1n) is 13.7. The Labute approximate surface area is 255 Å². The Balaban J connectivity index is 1.42. The van der Waals surface area contributed by atoms with Gasteiger partial charge >= 0.3 is 5.69 Å². The Hall–Kier alpha value is -5.98. The number of nitrogens with one attached hydrogen (secondary N) is 3. The second kappa shape index (κ2) is 13.1. The molecular formula is C32H27F2N7O4. The van der Waals surface area contributed by atoms with E-state index in [0.717, 1.165) is 35.2 Å². The molecule has 3 heterocycles. The number of carbonyl (C=O) groups excluding carboxylic acids is 1. The van der Waals surface area contributed by atoms with Gasteiger partial charge in [-0.05, 0) is 62.4 Å². The summed E-state index contributed by atoms with van der Waals surface area (Å²) in [7, 11) is 0. The highest BCUT2D eigenvalue weighted by Crippen LogP contribution is 2.31. The van der Waals surface area contributed by atoms with Crippen molar-refractivity contribution in [2.75, 3.05) is 10.6 Å². The summed E-state index contributed by atoms with van der Waals surface area (Å²) < 4.78 is 36.6. The molecule has 5 rings (SSSR count). The number of ether oxygens (including phenoxy) is 1. The molecule has 0 saturated heterocycles. The largest absolute Gasteiger partial charge is 0.452 e. The third-order valence-corrected chi connectivity index (χ3v) is 6.57. The number of halogens is 2. The van der Waals surface area contributed by atoms with Gasteiger partial charge in [0, 0.05) is 48.9 Å². The number of hydrogen-bond donors (Lipinski definition) is 3. The smallest absolute Gasteiger partial charge is 0.335 e. The van der Waals surface area contributed by atoms with Gasteiger partial charge in [-0.1, -0.05) is 6.07 Å². The van der Waals surface area contributed by atoms with Crippen LogP contribution in [0.2, 0.25) is 0 Å². The van der Waals surface area contributed by atoms with Gasteiger partial charge in [-0.2, -0.15) is 0 Å². The van der Waals surface area contributed by atoms with Crippen molar-refractivity contribution in [3.05, 3.63) is 129 Å². The monoisotopic (exact) mass is 611 g/mol. The number of carbonyl (C=O) groups is 1. The number of aromatic nitrogens is 4. The van der Waals surface area contributed by atoms with E-state index >= 15 is 4.39 Å². The minimum absolute atomic E-state index is 0.0169. The zero-order chi connectivity index (χ0) is 32.1. The van der Waals surface area contributed by atoms with E-state index < -0.39 is 34.8 Å². The van der Waals surface area contributed by atoms with Gasteiger partial charge in [-0.15, -0.1) is 0 Å². The molecule has 2 aromatic carbocycles. The lowest BCUT2D eigenvalue weighted by atomic mass is 10.2. The maximum Gasteiger partial charge on any atom is 0.335 e. The van der Waals surface area contributed by atoms with Crippen LogP contribution in [-0.2, 0) is 6.42 Å². The van der Waals surface area contributed by atoms with Crippen molar-refractivity contribution in [3.63, 3.8) is 0 Å². The second-order valence-electron chi connectivity index (χ2n) is 10.1. The van der Waals surface area contributed by atoms with E-state index in [9.17, 15) is 18.8 Å². The van der Waals surface area contributed by atoms with Crippen LogP contribution in [0.15, 0.2) is 94.9 Å². The lowest BCUT2D eigenvalue weighted by molar-refractivity contribution is 0.102. The Morgan fingerprint density at radius 2 is 1.78 bits per heavy atom. The number of amides is 1. The Morgan fingerprint density at radius 3 is 2.44 bits per heavy atom. The predicted octanol–water partition coefficient (Wildman–Crippen LogP) is 5.63. The highest BCUT2D eigenvalue weighted by molar-refractivity contribution is 6.03. The van der Waals surface area contributed by atoms with Crippen molar-refractivity contribution >= 4 is 29.3 Å². The summed E-state index contributed by atoms with van der Waals surface area (Å²) >= 11 is 0. The maximum atomic E-state index is 15.3. The van der Waals surface area contributed by atoms with Crippen molar-refractivity contribution in [2.45, 2.75) is 26.3 Å². The van der Waals surface area contributed by atoms with E-state index in [1.54, 1.807) is 50.5 Å². The molecule has 11 nitrogen and oxygen atoms in total. The van der Waals surface area contributed by atoms with Crippen molar-refractivity contribution in [1.82, 2.24) is 19.1 Å². The summed E-state index contributed by atoms with van der Waals surface area (Å²) in [6.45, 7) is 3.40. The van der Waals surface area contributed by atoms with Crippen molar-refractivity contribution in [1.29, 1.82) is 5.41 Å². The summed E-state index contributed by atoms with van der Waals surface area (Å²) in [5.41, 5.74) is -0.994. The number of benzene rings is 2. The minimum atomic E-state index is -0.924. The fourth-order valence-electron chi connectivity index (χ4n) is 4.36. The van der Waals surface area contributed by atoms with Gasteiger partial charge in [0.05, 0.1) is 23.3 Å². The van der Waals surface area contributed by atoms with Gasteiger partial charge < -0.3 is 20.8 Å². The van der Waals surface area contributed by atoms with Gasteiger partial charge in [0.15, 0.2) is 17.3 Å². The molecule has 1 amide bonds. The lowest BCUT2D eigenvalue weighted by Crippen LogP contribution is -2.42. The zero-order valence-electron chi connectivity index (χ0n) is 24.1. The highest BCUT2D eigenvalue weighted by atomic mass is 19.1. The first kappa shape index (κ1) is 30.5. The summed E-state index contributed by atoms with van der Waals surface area (Å²) in [5, 5.41) is 13.0. The van der Waals surface area contributed by atoms with Crippen LogP contribution in [-0.4, -0.2) is 31.2 Å². The van der Waals surface area contributed by atoms with E-state index in [1.165, 1.54) is 28.8 Å². The molecule has 13 heteroatoms. The van der Waals surface area contributed by atoms with Gasteiger partial charge in [-0.25, -0.2) is 23.1 Å². The Bertz CT molecular complexity index is 1990. The van der Waals surface area contributed by atoms with E-state index in [1.807, 2.05) is 0 Å². The minimum Gasteiger partial charge on any atom is -0.452 e. The summed E-state index contributed by atoms with van der Waals surface area (Å²) in [5.74, 6) is -1.69.